The van der Waals surface area contributed by atoms with Crippen LogP contribution in [0.1, 0.15) is 29.7 Å². The number of hydrogen-bond donors (Lipinski definition) is 1. The van der Waals surface area contributed by atoms with Gasteiger partial charge in [0, 0.05) is 44.4 Å². The Labute approximate surface area is 117 Å². The van der Waals surface area contributed by atoms with E-state index in [1.807, 2.05) is 16.4 Å². The Morgan fingerprint density at radius 2 is 2.25 bits per heavy atom. The van der Waals surface area contributed by atoms with Crippen LogP contribution in [0, 0.1) is 0 Å². The summed E-state index contributed by atoms with van der Waals surface area (Å²) in [6.07, 6.45) is 2.57. The minimum absolute atomic E-state index is 0.00214. The Bertz CT molecular complexity index is 602. The first-order valence-electron chi connectivity index (χ1n) is 6.96. The van der Waals surface area contributed by atoms with Gasteiger partial charge in [-0.25, -0.2) is 9.67 Å². The van der Waals surface area contributed by atoms with Crippen molar-refractivity contribution in [3.05, 3.63) is 29.1 Å². The summed E-state index contributed by atoms with van der Waals surface area (Å²) < 4.78 is 3.82. The number of aryl methyl sites for hydroxylation is 2. The van der Waals surface area contributed by atoms with Crippen LogP contribution in [0.15, 0.2) is 6.33 Å². The molecule has 0 bridgehead atoms. The van der Waals surface area contributed by atoms with E-state index in [4.69, 9.17) is 0 Å². The van der Waals surface area contributed by atoms with E-state index in [0.29, 0.717) is 0 Å². The summed E-state index contributed by atoms with van der Waals surface area (Å²) in [6, 6.07) is 0. The van der Waals surface area contributed by atoms with Gasteiger partial charge in [-0.2, -0.15) is 10.2 Å². The van der Waals surface area contributed by atoms with E-state index in [1.165, 1.54) is 11.3 Å². The molecule has 0 spiro atoms. The van der Waals surface area contributed by atoms with Crippen LogP contribution in [-0.4, -0.2) is 41.1 Å². The third-order valence-electron chi connectivity index (χ3n) is 3.91. The normalized spacial score (nSPS) is 15.6. The zero-order valence-corrected chi connectivity index (χ0v) is 12.0. The van der Waals surface area contributed by atoms with Crippen LogP contribution in [0.3, 0.4) is 0 Å². The van der Waals surface area contributed by atoms with Gasteiger partial charge in [0.05, 0.1) is 18.8 Å². The number of fused-ring (bicyclic) bond motifs is 1. The molecule has 0 unspecified atom stereocenters. The summed E-state index contributed by atoms with van der Waals surface area (Å²) in [4.78, 5) is 6.66. The highest BCUT2D eigenvalue weighted by Gasteiger charge is 2.24. The number of aliphatic hydroxyl groups is 1. The van der Waals surface area contributed by atoms with Crippen molar-refractivity contribution in [3.8, 4) is 0 Å². The van der Waals surface area contributed by atoms with Gasteiger partial charge >= 0.3 is 0 Å². The largest absolute Gasteiger partial charge is 0.390 e. The molecule has 7 heteroatoms. The highest BCUT2D eigenvalue weighted by atomic mass is 16.3. The van der Waals surface area contributed by atoms with E-state index in [9.17, 15) is 5.11 Å². The van der Waals surface area contributed by atoms with E-state index < -0.39 is 0 Å². The maximum Gasteiger partial charge on any atom is 0.141 e. The lowest BCUT2D eigenvalue weighted by atomic mass is 10.1. The Morgan fingerprint density at radius 3 is 3.00 bits per heavy atom. The predicted molar refractivity (Wildman–Crippen MR) is 72.6 cm³/mol. The lowest BCUT2D eigenvalue weighted by Crippen LogP contribution is -2.32. The Hall–Kier alpha value is -1.73. The molecule has 20 heavy (non-hydrogen) atoms. The highest BCUT2D eigenvalue weighted by Crippen LogP contribution is 2.23. The molecule has 1 N–H and O–H groups in total. The molecule has 0 amide bonds. The molecule has 0 fully saturated rings. The summed E-state index contributed by atoms with van der Waals surface area (Å²) in [6.45, 7) is 5.49. The van der Waals surface area contributed by atoms with Crippen molar-refractivity contribution in [1.29, 1.82) is 0 Å². The Balaban J connectivity index is 1.78. The average Bonchev–Trinajstić information content (AvgIpc) is 3.03. The van der Waals surface area contributed by atoms with Gasteiger partial charge in [-0.05, 0) is 6.92 Å². The fourth-order valence-corrected chi connectivity index (χ4v) is 2.86. The van der Waals surface area contributed by atoms with Crippen LogP contribution < -0.4 is 0 Å². The van der Waals surface area contributed by atoms with Crippen molar-refractivity contribution >= 4 is 0 Å². The number of nitrogens with zero attached hydrogens (tertiary/aromatic N) is 6. The maximum absolute atomic E-state index is 9.41. The minimum Gasteiger partial charge on any atom is -0.390 e. The molecule has 1 aliphatic heterocycles. The van der Waals surface area contributed by atoms with E-state index in [2.05, 4.69) is 27.0 Å². The van der Waals surface area contributed by atoms with Crippen molar-refractivity contribution in [2.24, 2.45) is 7.05 Å². The predicted octanol–water partition coefficient (Wildman–Crippen LogP) is 0.0821. The molecule has 3 heterocycles. The monoisotopic (exact) mass is 276 g/mol. The third kappa shape index (κ3) is 2.23. The number of rotatable bonds is 4. The van der Waals surface area contributed by atoms with Crippen LogP contribution in [0.25, 0.3) is 0 Å². The smallest absolute Gasteiger partial charge is 0.141 e. The molecule has 0 aliphatic carbocycles. The van der Waals surface area contributed by atoms with Gasteiger partial charge in [0.1, 0.15) is 12.2 Å². The summed E-state index contributed by atoms with van der Waals surface area (Å²) in [5.41, 5.74) is 3.20. The summed E-state index contributed by atoms with van der Waals surface area (Å²) in [5, 5.41) is 18.0. The molecule has 0 radical (unpaired) electrons. The number of aromatic nitrogens is 5. The van der Waals surface area contributed by atoms with Crippen molar-refractivity contribution in [2.75, 3.05) is 6.54 Å². The topological polar surface area (TPSA) is 72.0 Å². The second-order valence-corrected chi connectivity index (χ2v) is 5.11. The van der Waals surface area contributed by atoms with E-state index in [0.717, 1.165) is 44.1 Å². The lowest BCUT2D eigenvalue weighted by molar-refractivity contribution is 0.227. The van der Waals surface area contributed by atoms with Gasteiger partial charge in [-0.15, -0.1) is 0 Å². The fourth-order valence-electron chi connectivity index (χ4n) is 2.86. The quantitative estimate of drug-likeness (QED) is 0.856. The average molecular weight is 276 g/mol. The molecule has 3 rings (SSSR count). The third-order valence-corrected chi connectivity index (χ3v) is 3.91. The van der Waals surface area contributed by atoms with Crippen molar-refractivity contribution in [1.82, 2.24) is 29.4 Å². The van der Waals surface area contributed by atoms with Crippen LogP contribution in [0.4, 0.5) is 0 Å². The van der Waals surface area contributed by atoms with Crippen molar-refractivity contribution in [3.63, 3.8) is 0 Å². The zero-order chi connectivity index (χ0) is 14.1. The zero-order valence-electron chi connectivity index (χ0n) is 12.0. The van der Waals surface area contributed by atoms with Gasteiger partial charge in [0.2, 0.25) is 0 Å². The van der Waals surface area contributed by atoms with Crippen LogP contribution in [0.2, 0.25) is 0 Å². The first kappa shape index (κ1) is 13.3. The number of hydrogen-bond acceptors (Lipinski definition) is 5. The first-order valence-corrected chi connectivity index (χ1v) is 6.96. The van der Waals surface area contributed by atoms with Crippen LogP contribution in [-0.2, 0) is 39.7 Å². The maximum atomic E-state index is 9.41. The van der Waals surface area contributed by atoms with Crippen molar-refractivity contribution in [2.45, 2.75) is 39.6 Å². The van der Waals surface area contributed by atoms with E-state index in [1.54, 1.807) is 6.33 Å². The fraction of sp³-hybridized carbons (Fsp3) is 0.615. The van der Waals surface area contributed by atoms with Gasteiger partial charge in [-0.3, -0.25) is 9.58 Å². The standard InChI is InChI=1S/C13H20N6O/c1-3-19-13(14-9-15-19)7-18-5-4-12-10(6-18)11(8-20)16-17(12)2/h9,20H,3-8H2,1-2H3. The van der Waals surface area contributed by atoms with Crippen LogP contribution >= 0.6 is 0 Å². The molecule has 7 nitrogen and oxygen atoms in total. The molecule has 0 aromatic carbocycles. The molecular formula is C13H20N6O. The van der Waals surface area contributed by atoms with E-state index >= 15 is 0 Å². The second-order valence-electron chi connectivity index (χ2n) is 5.11. The molecule has 108 valence electrons. The Morgan fingerprint density at radius 1 is 1.40 bits per heavy atom. The molecule has 2 aromatic rings. The van der Waals surface area contributed by atoms with Gasteiger partial charge in [0.15, 0.2) is 0 Å². The molecule has 0 atom stereocenters. The number of aliphatic hydroxyl groups excluding tert-OH is 1. The minimum atomic E-state index is 0.00214. The summed E-state index contributed by atoms with van der Waals surface area (Å²) >= 11 is 0. The molecular weight excluding hydrogens is 256 g/mol. The summed E-state index contributed by atoms with van der Waals surface area (Å²) in [7, 11) is 1.95. The lowest BCUT2D eigenvalue weighted by Gasteiger charge is -2.27. The van der Waals surface area contributed by atoms with E-state index in [-0.39, 0.29) is 6.61 Å². The van der Waals surface area contributed by atoms with Gasteiger partial charge in [0.25, 0.3) is 0 Å². The first-order chi connectivity index (χ1) is 9.72. The molecule has 0 saturated carbocycles. The SMILES string of the molecule is CCn1ncnc1CN1CCc2c(c(CO)nn2C)C1. The van der Waals surface area contributed by atoms with Gasteiger partial charge in [-0.1, -0.05) is 0 Å². The second kappa shape index (κ2) is 5.34. The van der Waals surface area contributed by atoms with Gasteiger partial charge < -0.3 is 5.11 Å². The van der Waals surface area contributed by atoms with Crippen molar-refractivity contribution < 1.29 is 5.11 Å². The highest BCUT2D eigenvalue weighted by molar-refractivity contribution is 5.28. The molecule has 1 aliphatic rings. The molecule has 2 aromatic heterocycles. The Kier molecular flexibility index (Phi) is 3.54. The molecule has 0 saturated heterocycles. The van der Waals surface area contributed by atoms with Crippen LogP contribution in [0.5, 0.6) is 0 Å². The summed E-state index contributed by atoms with van der Waals surface area (Å²) in [5.74, 6) is 0.991.